The Bertz CT molecular complexity index is 1090. The summed E-state index contributed by atoms with van der Waals surface area (Å²) in [5.41, 5.74) is -0.678. The molecule has 260 valence electrons. The fourth-order valence-electron chi connectivity index (χ4n) is 11.8. The molecule has 5 rings (SSSR count). The highest BCUT2D eigenvalue weighted by Gasteiger charge is 2.72. The molecule has 4 aliphatic carbocycles. The molecule has 0 radical (unpaired) electrons. The molecule has 0 aromatic heterocycles. The lowest BCUT2D eigenvalue weighted by Gasteiger charge is -2.71. The topological polar surface area (TPSA) is 160 Å². The highest BCUT2D eigenvalue weighted by Crippen LogP contribution is 2.76. The summed E-state index contributed by atoms with van der Waals surface area (Å²) in [7, 11) is 0. The van der Waals surface area contributed by atoms with Crippen molar-refractivity contribution in [2.24, 2.45) is 45.3 Å². The predicted octanol–water partition coefficient (Wildman–Crippen LogP) is 3.30. The summed E-state index contributed by atoms with van der Waals surface area (Å²) in [6.45, 7) is 14.9. The molecule has 7 N–H and O–H groups in total. The summed E-state index contributed by atoms with van der Waals surface area (Å²) in [6.07, 6.45) is 1.84. The van der Waals surface area contributed by atoms with Gasteiger partial charge in [0.2, 0.25) is 0 Å². The summed E-state index contributed by atoms with van der Waals surface area (Å²) in [6, 6.07) is 0. The Morgan fingerprint density at radius 3 is 2.20 bits per heavy atom. The summed E-state index contributed by atoms with van der Waals surface area (Å²) >= 11 is 0. The van der Waals surface area contributed by atoms with Gasteiger partial charge in [-0.15, -0.1) is 0 Å². The van der Waals surface area contributed by atoms with E-state index < -0.39 is 49.0 Å². The first-order chi connectivity index (χ1) is 20.9. The van der Waals surface area contributed by atoms with Crippen LogP contribution >= 0.6 is 0 Å². The Balaban J connectivity index is 1.48. The van der Waals surface area contributed by atoms with Crippen molar-refractivity contribution in [2.75, 3.05) is 13.2 Å². The van der Waals surface area contributed by atoms with E-state index in [1.165, 1.54) is 0 Å². The van der Waals surface area contributed by atoms with Crippen molar-refractivity contribution in [3.8, 4) is 0 Å². The molecule has 0 amide bonds. The van der Waals surface area contributed by atoms with Crippen LogP contribution in [-0.4, -0.2) is 97.5 Å². The third-order valence-electron chi connectivity index (χ3n) is 14.9. The third kappa shape index (κ3) is 5.39. The van der Waals surface area contributed by atoms with Gasteiger partial charge in [-0.2, -0.15) is 0 Å². The molecule has 1 saturated heterocycles. The van der Waals surface area contributed by atoms with E-state index in [0.29, 0.717) is 25.2 Å². The summed E-state index contributed by atoms with van der Waals surface area (Å²) < 4.78 is 12.6. The Morgan fingerprint density at radius 1 is 0.867 bits per heavy atom. The van der Waals surface area contributed by atoms with Crippen LogP contribution in [0, 0.1) is 45.3 Å². The van der Waals surface area contributed by atoms with Gasteiger partial charge in [-0.25, -0.2) is 0 Å². The zero-order valence-electron chi connectivity index (χ0n) is 28.7. The first-order valence-corrected chi connectivity index (χ1v) is 17.5. The number of ether oxygens (including phenoxy) is 2. The molecule has 15 atom stereocenters. The number of aliphatic hydroxyl groups is 7. The molecule has 5 unspecified atom stereocenters. The zero-order valence-corrected chi connectivity index (χ0v) is 28.7. The van der Waals surface area contributed by atoms with Crippen molar-refractivity contribution in [3.63, 3.8) is 0 Å². The molecule has 0 aromatic carbocycles. The van der Waals surface area contributed by atoms with Gasteiger partial charge in [-0.3, -0.25) is 0 Å². The van der Waals surface area contributed by atoms with Crippen LogP contribution < -0.4 is 0 Å². The Morgan fingerprint density at radius 2 is 1.56 bits per heavy atom. The number of fused-ring (bicyclic) bond motifs is 5. The van der Waals surface area contributed by atoms with Crippen LogP contribution in [-0.2, 0) is 9.47 Å². The average Bonchev–Trinajstić information content (AvgIpc) is 3.36. The van der Waals surface area contributed by atoms with Gasteiger partial charge in [0, 0.05) is 5.41 Å². The average molecular weight is 639 g/mol. The maximum absolute atomic E-state index is 12.2. The van der Waals surface area contributed by atoms with E-state index in [4.69, 9.17) is 9.47 Å². The van der Waals surface area contributed by atoms with Crippen LogP contribution in [0.1, 0.15) is 106 Å². The van der Waals surface area contributed by atoms with Crippen LogP contribution in [0.5, 0.6) is 0 Å². The minimum absolute atomic E-state index is 0.0194. The minimum Gasteiger partial charge on any atom is -0.394 e. The maximum Gasteiger partial charge on any atom is 0.187 e. The molecule has 0 bridgehead atoms. The number of aliphatic hydroxyl groups excluding tert-OH is 7. The van der Waals surface area contributed by atoms with Crippen molar-refractivity contribution in [2.45, 2.75) is 155 Å². The summed E-state index contributed by atoms with van der Waals surface area (Å²) in [5.74, 6) is 0.852. The number of hydrogen-bond acceptors (Lipinski definition) is 9. The lowest BCUT2D eigenvalue weighted by Crippen LogP contribution is -2.68. The normalized spacial score (nSPS) is 51.2. The van der Waals surface area contributed by atoms with E-state index in [1.54, 1.807) is 0 Å². The Kier molecular flexibility index (Phi) is 9.80. The van der Waals surface area contributed by atoms with Gasteiger partial charge in [-0.05, 0) is 112 Å². The Labute approximate surface area is 270 Å². The molecule has 9 heteroatoms. The van der Waals surface area contributed by atoms with Crippen molar-refractivity contribution >= 4 is 0 Å². The molecule has 45 heavy (non-hydrogen) atoms. The van der Waals surface area contributed by atoms with E-state index in [1.807, 2.05) is 13.0 Å². The maximum atomic E-state index is 12.2. The van der Waals surface area contributed by atoms with E-state index in [-0.39, 0.29) is 52.1 Å². The summed E-state index contributed by atoms with van der Waals surface area (Å²) in [4.78, 5) is 0. The molecule has 0 aromatic rings. The van der Waals surface area contributed by atoms with E-state index in [2.05, 4.69) is 41.5 Å². The molecular weight excluding hydrogens is 576 g/mol. The second-order valence-corrected chi connectivity index (χ2v) is 17.1. The first-order valence-electron chi connectivity index (χ1n) is 17.5. The van der Waals surface area contributed by atoms with Gasteiger partial charge in [-0.1, -0.05) is 46.3 Å². The molecule has 4 saturated carbocycles. The van der Waals surface area contributed by atoms with E-state index in [0.717, 1.165) is 44.1 Å². The number of allylic oxidation sites excluding steroid dienone is 1. The first kappa shape index (κ1) is 35.7. The zero-order chi connectivity index (χ0) is 33.3. The van der Waals surface area contributed by atoms with Gasteiger partial charge in [0.25, 0.3) is 0 Å². The van der Waals surface area contributed by atoms with Gasteiger partial charge < -0.3 is 45.2 Å². The monoisotopic (exact) mass is 638 g/mol. The molecule has 9 nitrogen and oxygen atoms in total. The van der Waals surface area contributed by atoms with Crippen LogP contribution in [0.4, 0.5) is 0 Å². The van der Waals surface area contributed by atoms with Gasteiger partial charge in [0.05, 0.1) is 31.0 Å². The van der Waals surface area contributed by atoms with Crippen LogP contribution in [0.15, 0.2) is 11.6 Å². The second-order valence-electron chi connectivity index (χ2n) is 17.1. The molecule has 5 fully saturated rings. The van der Waals surface area contributed by atoms with Crippen molar-refractivity contribution in [3.05, 3.63) is 11.6 Å². The lowest BCUT2D eigenvalue weighted by atomic mass is 9.34. The fraction of sp³-hybridized carbons (Fsp3) is 0.944. The van der Waals surface area contributed by atoms with Crippen LogP contribution in [0.2, 0.25) is 0 Å². The van der Waals surface area contributed by atoms with E-state index >= 15 is 0 Å². The minimum atomic E-state index is -1.52. The van der Waals surface area contributed by atoms with Crippen LogP contribution in [0.25, 0.3) is 0 Å². The van der Waals surface area contributed by atoms with Gasteiger partial charge in [0.15, 0.2) is 6.29 Å². The predicted molar refractivity (Wildman–Crippen MR) is 170 cm³/mol. The largest absolute Gasteiger partial charge is 0.394 e. The van der Waals surface area contributed by atoms with Gasteiger partial charge >= 0.3 is 0 Å². The molecule has 1 heterocycles. The highest BCUT2D eigenvalue weighted by molar-refractivity contribution is 5.21. The van der Waals surface area contributed by atoms with Crippen molar-refractivity contribution in [1.29, 1.82) is 0 Å². The van der Waals surface area contributed by atoms with Crippen molar-refractivity contribution < 1.29 is 45.2 Å². The van der Waals surface area contributed by atoms with Crippen molar-refractivity contribution in [1.82, 2.24) is 0 Å². The fourth-order valence-corrected chi connectivity index (χ4v) is 11.8. The molecule has 0 spiro atoms. The lowest BCUT2D eigenvalue weighted by molar-refractivity contribution is -0.335. The van der Waals surface area contributed by atoms with Crippen LogP contribution in [0.3, 0.4) is 0 Å². The van der Waals surface area contributed by atoms with E-state index in [9.17, 15) is 35.7 Å². The Hall–Kier alpha value is -0.620. The number of rotatable bonds is 8. The second kappa shape index (κ2) is 12.4. The smallest absolute Gasteiger partial charge is 0.187 e. The summed E-state index contributed by atoms with van der Waals surface area (Å²) in [5, 5.41) is 74.6. The molecule has 5 aliphatic rings. The van der Waals surface area contributed by atoms with Gasteiger partial charge in [0.1, 0.15) is 24.4 Å². The standard InChI is InChI=1S/C36H62O9/c1-20(18-37)9-8-14-35(6,45-31-30(43)29(42)28(41)23(19-38)44-31)22-12-16-34(5)21(22)10-11-24-33(4)15-13-26(39)32(2,3)25(33)17-27(40)36(24,34)7/h9,21-31,37-43H,8,10-19H2,1-7H3/t21-,22+,23?,24-,25+,26+,27+,28?,29?,30?,31?,33-,34-,35+,36+/m1/s1. The molecular formula is C36H62O9. The molecule has 1 aliphatic heterocycles. The SMILES string of the molecule is CC(=CCC[C@](C)(OC1OC(CO)C(O)C(O)C1O)[C@H]1CC[C@]2(C)[C@@H]1CC[C@@H]1[C@@]3(C)CC[C@H](O)C(C)(C)[C@@H]3C[C@H](O)[C@]12C)CO. The quantitative estimate of drug-likeness (QED) is 0.198. The highest BCUT2D eigenvalue weighted by atomic mass is 16.7. The number of hydrogen-bond donors (Lipinski definition) is 7. The third-order valence-corrected chi connectivity index (χ3v) is 14.9.